The zero-order valence-electron chi connectivity index (χ0n) is 10.7. The summed E-state index contributed by atoms with van der Waals surface area (Å²) in [6.45, 7) is 2.50. The van der Waals surface area contributed by atoms with Crippen molar-refractivity contribution < 1.29 is 13.9 Å². The fraction of sp³-hybridized carbons (Fsp3) is 0.462. The third-order valence-corrected chi connectivity index (χ3v) is 2.64. The summed E-state index contributed by atoms with van der Waals surface area (Å²) in [6, 6.07) is 4.15. The molecular formula is C13H19FN2O2. The van der Waals surface area contributed by atoms with Gasteiger partial charge in [-0.25, -0.2) is 4.39 Å². The number of benzene rings is 1. The molecule has 1 rings (SSSR count). The number of rotatable bonds is 6. The summed E-state index contributed by atoms with van der Waals surface area (Å²) >= 11 is 0. The molecule has 0 saturated carbocycles. The van der Waals surface area contributed by atoms with Crippen molar-refractivity contribution in [1.29, 1.82) is 0 Å². The Balaban J connectivity index is 2.70. The summed E-state index contributed by atoms with van der Waals surface area (Å²) in [4.78, 5) is 11.9. The maximum absolute atomic E-state index is 13.1. The molecule has 1 atom stereocenters. The highest BCUT2D eigenvalue weighted by Crippen LogP contribution is 2.09. The molecule has 5 heteroatoms. The van der Waals surface area contributed by atoms with E-state index in [1.807, 2.05) is 0 Å². The number of nitrogens with one attached hydrogen (secondary N) is 1. The SMILES string of the molecule is COCC(CCN)NC(=O)c1ccc(F)c(C)c1. The lowest BCUT2D eigenvalue weighted by molar-refractivity contribution is 0.0893. The number of halogens is 1. The molecule has 4 nitrogen and oxygen atoms in total. The van der Waals surface area contributed by atoms with Gasteiger partial charge in [-0.05, 0) is 43.7 Å². The van der Waals surface area contributed by atoms with Gasteiger partial charge in [0.05, 0.1) is 12.6 Å². The van der Waals surface area contributed by atoms with Crippen LogP contribution in [0, 0.1) is 12.7 Å². The van der Waals surface area contributed by atoms with E-state index in [0.717, 1.165) is 0 Å². The van der Waals surface area contributed by atoms with Gasteiger partial charge in [0.25, 0.3) is 5.91 Å². The molecule has 0 aliphatic rings. The van der Waals surface area contributed by atoms with Crippen molar-refractivity contribution in [2.45, 2.75) is 19.4 Å². The molecule has 0 radical (unpaired) electrons. The number of methoxy groups -OCH3 is 1. The number of hydrogen-bond donors (Lipinski definition) is 2. The maximum atomic E-state index is 13.1. The lowest BCUT2D eigenvalue weighted by atomic mass is 10.1. The Morgan fingerprint density at radius 2 is 2.28 bits per heavy atom. The predicted octanol–water partition coefficient (Wildman–Crippen LogP) is 1.23. The Labute approximate surface area is 106 Å². The third kappa shape index (κ3) is 4.09. The summed E-state index contributed by atoms with van der Waals surface area (Å²) in [6.07, 6.45) is 0.639. The summed E-state index contributed by atoms with van der Waals surface area (Å²) in [5.41, 5.74) is 6.35. The second-order valence-electron chi connectivity index (χ2n) is 4.17. The smallest absolute Gasteiger partial charge is 0.251 e. The van der Waals surface area contributed by atoms with E-state index in [4.69, 9.17) is 10.5 Å². The highest BCUT2D eigenvalue weighted by atomic mass is 19.1. The number of ether oxygens (including phenoxy) is 1. The van der Waals surface area contributed by atoms with E-state index in [1.54, 1.807) is 14.0 Å². The number of nitrogens with two attached hydrogens (primary N) is 1. The first kappa shape index (κ1) is 14.6. The lowest BCUT2D eigenvalue weighted by Crippen LogP contribution is -2.39. The topological polar surface area (TPSA) is 64.3 Å². The van der Waals surface area contributed by atoms with Crippen molar-refractivity contribution in [3.63, 3.8) is 0 Å². The molecule has 3 N–H and O–H groups in total. The van der Waals surface area contributed by atoms with Gasteiger partial charge in [-0.3, -0.25) is 4.79 Å². The van der Waals surface area contributed by atoms with Crippen LogP contribution in [0.4, 0.5) is 4.39 Å². The van der Waals surface area contributed by atoms with Gasteiger partial charge in [0.15, 0.2) is 0 Å². The molecule has 0 spiro atoms. The summed E-state index contributed by atoms with van der Waals surface area (Å²) in [5, 5.41) is 2.82. The van der Waals surface area contributed by atoms with E-state index in [9.17, 15) is 9.18 Å². The largest absolute Gasteiger partial charge is 0.383 e. The zero-order valence-corrected chi connectivity index (χ0v) is 10.7. The first-order chi connectivity index (χ1) is 8.58. The van der Waals surface area contributed by atoms with E-state index >= 15 is 0 Å². The number of carbonyl (C=O) groups is 1. The van der Waals surface area contributed by atoms with Crippen LogP contribution in [0.5, 0.6) is 0 Å². The van der Waals surface area contributed by atoms with Crippen LogP contribution in [0.3, 0.4) is 0 Å². The van der Waals surface area contributed by atoms with Gasteiger partial charge < -0.3 is 15.8 Å². The first-order valence-electron chi connectivity index (χ1n) is 5.84. The average Bonchev–Trinajstić information content (AvgIpc) is 2.33. The molecule has 0 saturated heterocycles. The van der Waals surface area contributed by atoms with Gasteiger partial charge in [0, 0.05) is 12.7 Å². The highest BCUT2D eigenvalue weighted by molar-refractivity contribution is 5.94. The maximum Gasteiger partial charge on any atom is 0.251 e. The highest BCUT2D eigenvalue weighted by Gasteiger charge is 2.13. The predicted molar refractivity (Wildman–Crippen MR) is 67.9 cm³/mol. The monoisotopic (exact) mass is 254 g/mol. The molecule has 0 fully saturated rings. The van der Waals surface area contributed by atoms with E-state index in [1.165, 1.54) is 18.2 Å². The van der Waals surface area contributed by atoms with E-state index in [2.05, 4.69) is 5.32 Å². The van der Waals surface area contributed by atoms with Gasteiger partial charge in [-0.1, -0.05) is 0 Å². The molecular weight excluding hydrogens is 235 g/mol. The normalized spacial score (nSPS) is 12.2. The minimum absolute atomic E-state index is 0.127. The van der Waals surface area contributed by atoms with Gasteiger partial charge >= 0.3 is 0 Å². The third-order valence-electron chi connectivity index (χ3n) is 2.64. The number of carbonyl (C=O) groups excluding carboxylic acids is 1. The van der Waals surface area contributed by atoms with Crippen molar-refractivity contribution in [3.8, 4) is 0 Å². The lowest BCUT2D eigenvalue weighted by Gasteiger charge is -2.17. The Hall–Kier alpha value is -1.46. The Kier molecular flexibility index (Phi) is 5.74. The molecule has 0 aromatic heterocycles. The Morgan fingerprint density at radius 1 is 1.56 bits per heavy atom. The minimum atomic E-state index is -0.318. The van der Waals surface area contributed by atoms with E-state index < -0.39 is 0 Å². The fourth-order valence-corrected chi connectivity index (χ4v) is 1.65. The molecule has 0 heterocycles. The van der Waals surface area contributed by atoms with Crippen LogP contribution in [0.1, 0.15) is 22.3 Å². The number of hydrogen-bond acceptors (Lipinski definition) is 3. The molecule has 1 aromatic carbocycles. The molecule has 0 aliphatic heterocycles. The second kappa shape index (κ2) is 7.08. The van der Waals surface area contributed by atoms with E-state index in [0.29, 0.717) is 30.7 Å². The Morgan fingerprint density at radius 3 is 2.83 bits per heavy atom. The number of amides is 1. The van der Waals surface area contributed by atoms with Crippen molar-refractivity contribution in [1.82, 2.24) is 5.32 Å². The number of aryl methyl sites for hydroxylation is 1. The molecule has 0 bridgehead atoms. The fourth-order valence-electron chi connectivity index (χ4n) is 1.65. The van der Waals surface area contributed by atoms with Crippen LogP contribution >= 0.6 is 0 Å². The van der Waals surface area contributed by atoms with Crippen LogP contribution in [0.15, 0.2) is 18.2 Å². The quantitative estimate of drug-likeness (QED) is 0.802. The van der Waals surface area contributed by atoms with Crippen molar-refractivity contribution in [3.05, 3.63) is 35.1 Å². The summed E-state index contributed by atoms with van der Waals surface area (Å²) in [5.74, 6) is -0.560. The first-order valence-corrected chi connectivity index (χ1v) is 5.84. The van der Waals surface area contributed by atoms with Gasteiger partial charge in [-0.2, -0.15) is 0 Å². The van der Waals surface area contributed by atoms with Crippen molar-refractivity contribution in [2.75, 3.05) is 20.3 Å². The molecule has 1 unspecified atom stereocenters. The van der Waals surface area contributed by atoms with Gasteiger partial charge in [0.1, 0.15) is 5.82 Å². The standard InChI is InChI=1S/C13H19FN2O2/c1-9-7-10(3-4-12(9)14)13(17)16-11(5-6-15)8-18-2/h3-4,7,11H,5-6,8,15H2,1-2H3,(H,16,17). The van der Waals surface area contributed by atoms with Crippen LogP contribution in [0.2, 0.25) is 0 Å². The zero-order chi connectivity index (χ0) is 13.5. The van der Waals surface area contributed by atoms with Crippen molar-refractivity contribution >= 4 is 5.91 Å². The molecule has 100 valence electrons. The average molecular weight is 254 g/mol. The van der Waals surface area contributed by atoms with Crippen LogP contribution < -0.4 is 11.1 Å². The molecule has 18 heavy (non-hydrogen) atoms. The van der Waals surface area contributed by atoms with Crippen LogP contribution in [-0.4, -0.2) is 32.2 Å². The second-order valence-corrected chi connectivity index (χ2v) is 4.17. The Bertz CT molecular complexity index is 404. The van der Waals surface area contributed by atoms with Crippen LogP contribution in [-0.2, 0) is 4.74 Å². The molecule has 1 amide bonds. The van der Waals surface area contributed by atoms with Crippen molar-refractivity contribution in [2.24, 2.45) is 5.73 Å². The van der Waals surface area contributed by atoms with Gasteiger partial charge in [-0.15, -0.1) is 0 Å². The summed E-state index contributed by atoms with van der Waals surface area (Å²) in [7, 11) is 1.57. The molecule has 0 aliphatic carbocycles. The van der Waals surface area contributed by atoms with Gasteiger partial charge in [0.2, 0.25) is 0 Å². The van der Waals surface area contributed by atoms with Crippen LogP contribution in [0.25, 0.3) is 0 Å². The minimum Gasteiger partial charge on any atom is -0.383 e. The molecule has 1 aromatic rings. The summed E-state index contributed by atoms with van der Waals surface area (Å²) < 4.78 is 18.1. The van der Waals surface area contributed by atoms with E-state index in [-0.39, 0.29) is 17.8 Å².